The molecule has 2 heterocycles. The van der Waals surface area contributed by atoms with Gasteiger partial charge in [0.25, 0.3) is 11.8 Å². The number of aliphatic hydroxyl groups is 1. The van der Waals surface area contributed by atoms with Crippen LogP contribution < -0.4 is 25.2 Å². The molecular formula is C28H37F2N5O4S. The molecule has 1 saturated carbocycles. The number of benzene rings is 2. The third-order valence-electron chi connectivity index (χ3n) is 8.37. The first-order valence-corrected chi connectivity index (χ1v) is 15.4. The van der Waals surface area contributed by atoms with E-state index in [-0.39, 0.29) is 31.8 Å². The van der Waals surface area contributed by atoms with Crippen LogP contribution in [0.4, 0.5) is 37.2 Å². The number of hydrogen-bond acceptors (Lipinski definition) is 7. The van der Waals surface area contributed by atoms with E-state index in [9.17, 15) is 22.0 Å². The largest absolute Gasteiger partial charge is 0.395 e. The number of carbonyl (C=O) groups is 1. The number of nitrogens with zero attached hydrogens (tertiary/aromatic N) is 2. The second-order valence-electron chi connectivity index (χ2n) is 11.1. The van der Waals surface area contributed by atoms with E-state index in [1.54, 1.807) is 43.4 Å². The minimum Gasteiger partial charge on any atom is -0.395 e. The lowest BCUT2D eigenvalue weighted by Crippen LogP contribution is -2.39. The Bertz CT molecular complexity index is 1350. The van der Waals surface area contributed by atoms with E-state index in [4.69, 9.17) is 5.11 Å². The van der Waals surface area contributed by atoms with Crippen molar-refractivity contribution in [3.63, 3.8) is 0 Å². The summed E-state index contributed by atoms with van der Waals surface area (Å²) in [5, 5.41) is 15.2. The highest BCUT2D eigenvalue weighted by Crippen LogP contribution is 2.54. The molecule has 0 radical (unpaired) electrons. The third-order valence-corrected chi connectivity index (χ3v) is 9.63. The zero-order valence-electron chi connectivity index (χ0n) is 22.7. The molecule has 9 nitrogen and oxygen atoms in total. The van der Waals surface area contributed by atoms with E-state index >= 15 is 0 Å². The van der Waals surface area contributed by atoms with Crippen LogP contribution in [-0.2, 0) is 10.0 Å². The SMILES string of the molecule is CNc1ccc(C(=O)Nc2ccc(NS(=O)(=O)CCO)cc2N2CCC3(CC2)CC3)cc1N1CCC(F)(F)CC1. The Balaban J connectivity index is 1.39. The summed E-state index contributed by atoms with van der Waals surface area (Å²) < 4.78 is 54.6. The van der Waals surface area contributed by atoms with Crippen LogP contribution in [0.1, 0.15) is 48.9 Å². The molecule has 1 spiro atoms. The molecule has 2 aromatic carbocycles. The van der Waals surface area contributed by atoms with E-state index in [0.717, 1.165) is 37.3 Å². The average molecular weight is 578 g/mol. The predicted molar refractivity (Wildman–Crippen MR) is 154 cm³/mol. The summed E-state index contributed by atoms with van der Waals surface area (Å²) in [6.45, 7) is 1.51. The van der Waals surface area contributed by atoms with Crippen LogP contribution in [0, 0.1) is 5.41 Å². The number of carbonyl (C=O) groups excluding carboxylic acids is 1. The number of aliphatic hydroxyl groups excluding tert-OH is 1. The number of amides is 1. The summed E-state index contributed by atoms with van der Waals surface area (Å²) in [5.74, 6) is -3.43. The summed E-state index contributed by atoms with van der Waals surface area (Å²) in [4.78, 5) is 17.5. The second-order valence-corrected chi connectivity index (χ2v) is 13.0. The zero-order valence-corrected chi connectivity index (χ0v) is 23.5. The number of alkyl halides is 2. The number of rotatable bonds is 9. The standard InChI is InChI=1S/C28H37F2N5O4S/c1-31-22-4-2-20(18-24(22)35-14-10-28(29,30)11-15-35)26(37)32-23-5-3-21(33-40(38,39)17-16-36)19-25(23)34-12-8-27(6-7-27)9-13-34/h2-5,18-19,31,33,36H,6-17H2,1H3,(H,32,37). The highest BCUT2D eigenvalue weighted by molar-refractivity contribution is 7.92. The maximum absolute atomic E-state index is 13.8. The lowest BCUT2D eigenvalue weighted by molar-refractivity contribution is -0.0220. The Morgan fingerprint density at radius 1 is 0.900 bits per heavy atom. The number of anilines is 5. The third kappa shape index (κ3) is 6.43. The van der Waals surface area contributed by atoms with Crippen molar-refractivity contribution in [3.05, 3.63) is 42.0 Å². The fourth-order valence-electron chi connectivity index (χ4n) is 5.63. The molecule has 5 rings (SSSR count). The molecule has 3 aliphatic rings. The van der Waals surface area contributed by atoms with E-state index in [2.05, 4.69) is 20.3 Å². The van der Waals surface area contributed by atoms with Gasteiger partial charge in [-0.1, -0.05) is 0 Å². The second kappa shape index (κ2) is 11.0. The summed E-state index contributed by atoms with van der Waals surface area (Å²) >= 11 is 0. The maximum Gasteiger partial charge on any atom is 0.255 e. The van der Waals surface area contributed by atoms with E-state index in [1.165, 1.54) is 12.8 Å². The van der Waals surface area contributed by atoms with Gasteiger partial charge >= 0.3 is 0 Å². The summed E-state index contributed by atoms with van der Waals surface area (Å²) in [6.07, 6.45) is 4.11. The maximum atomic E-state index is 13.8. The van der Waals surface area contributed by atoms with Crippen molar-refractivity contribution in [3.8, 4) is 0 Å². The minimum atomic E-state index is -3.71. The normalized spacial score (nSPS) is 19.8. The lowest BCUT2D eigenvalue weighted by atomic mass is 9.93. The van der Waals surface area contributed by atoms with Gasteiger partial charge in [0.1, 0.15) is 0 Å². The van der Waals surface area contributed by atoms with Gasteiger partial charge in [0.2, 0.25) is 10.0 Å². The lowest BCUT2D eigenvalue weighted by Gasteiger charge is -2.35. The molecule has 0 atom stereocenters. The molecule has 2 aromatic rings. The molecule has 2 saturated heterocycles. The zero-order chi connectivity index (χ0) is 28.5. The highest BCUT2D eigenvalue weighted by Gasteiger charge is 2.44. The van der Waals surface area contributed by atoms with E-state index in [1.807, 2.05) is 4.90 Å². The first-order valence-electron chi connectivity index (χ1n) is 13.8. The fraction of sp³-hybridized carbons (Fsp3) is 0.536. The van der Waals surface area contributed by atoms with Crippen LogP contribution >= 0.6 is 0 Å². The molecule has 0 unspecified atom stereocenters. The van der Waals surface area contributed by atoms with Crippen LogP contribution in [0.5, 0.6) is 0 Å². The molecule has 1 aliphatic carbocycles. The van der Waals surface area contributed by atoms with Gasteiger partial charge in [0, 0.05) is 51.6 Å². The highest BCUT2D eigenvalue weighted by atomic mass is 32.2. The summed E-state index contributed by atoms with van der Waals surface area (Å²) in [5.41, 5.74) is 3.91. The number of nitrogens with one attached hydrogen (secondary N) is 3. The van der Waals surface area contributed by atoms with Crippen molar-refractivity contribution in [1.29, 1.82) is 0 Å². The Kier molecular flexibility index (Phi) is 7.84. The van der Waals surface area contributed by atoms with Gasteiger partial charge in [0.05, 0.1) is 40.8 Å². The number of halogens is 2. The molecule has 12 heteroatoms. The molecular weight excluding hydrogens is 540 g/mol. The average Bonchev–Trinajstić information content (AvgIpc) is 3.68. The predicted octanol–water partition coefficient (Wildman–Crippen LogP) is 4.33. The topological polar surface area (TPSA) is 114 Å². The van der Waals surface area contributed by atoms with Crippen LogP contribution in [0.25, 0.3) is 0 Å². The Morgan fingerprint density at radius 2 is 1.50 bits per heavy atom. The van der Waals surface area contributed by atoms with Crippen molar-refractivity contribution in [1.82, 2.24) is 0 Å². The molecule has 3 fully saturated rings. The van der Waals surface area contributed by atoms with Crippen molar-refractivity contribution in [2.75, 3.05) is 70.7 Å². The van der Waals surface area contributed by atoms with E-state index < -0.39 is 28.3 Å². The van der Waals surface area contributed by atoms with Gasteiger partial charge in [-0.05, 0) is 67.5 Å². The monoisotopic (exact) mass is 577 g/mol. The number of sulfonamides is 1. The van der Waals surface area contributed by atoms with Gasteiger partial charge in [-0.25, -0.2) is 17.2 Å². The quantitative estimate of drug-likeness (QED) is 0.351. The van der Waals surface area contributed by atoms with Crippen LogP contribution in [-0.4, -0.2) is 70.9 Å². The molecule has 0 bridgehead atoms. The first kappa shape index (κ1) is 28.4. The smallest absolute Gasteiger partial charge is 0.255 e. The van der Waals surface area contributed by atoms with Crippen molar-refractivity contribution in [2.24, 2.45) is 5.41 Å². The number of piperidine rings is 2. The van der Waals surface area contributed by atoms with Crippen LogP contribution in [0.15, 0.2) is 36.4 Å². The Labute approximate surface area is 234 Å². The molecule has 0 aromatic heterocycles. The van der Waals surface area contributed by atoms with Gasteiger partial charge in [-0.3, -0.25) is 9.52 Å². The van der Waals surface area contributed by atoms with Gasteiger partial charge in [-0.15, -0.1) is 0 Å². The Morgan fingerprint density at radius 3 is 2.10 bits per heavy atom. The summed E-state index contributed by atoms with van der Waals surface area (Å²) in [6, 6.07) is 10.2. The van der Waals surface area contributed by atoms with Crippen molar-refractivity contribution in [2.45, 2.75) is 44.4 Å². The van der Waals surface area contributed by atoms with Gasteiger partial charge in [-0.2, -0.15) is 0 Å². The summed E-state index contributed by atoms with van der Waals surface area (Å²) in [7, 11) is -1.96. The molecule has 1 amide bonds. The van der Waals surface area contributed by atoms with Gasteiger partial charge in [0.15, 0.2) is 0 Å². The minimum absolute atomic E-state index is 0.195. The molecule has 4 N–H and O–H groups in total. The Hall–Kier alpha value is -3.12. The van der Waals surface area contributed by atoms with Crippen LogP contribution in [0.2, 0.25) is 0 Å². The first-order chi connectivity index (χ1) is 19.0. The molecule has 2 aliphatic heterocycles. The van der Waals surface area contributed by atoms with E-state index in [0.29, 0.717) is 28.0 Å². The van der Waals surface area contributed by atoms with Crippen molar-refractivity contribution >= 4 is 44.4 Å². The van der Waals surface area contributed by atoms with Gasteiger partial charge < -0.3 is 25.5 Å². The van der Waals surface area contributed by atoms with Crippen LogP contribution in [0.3, 0.4) is 0 Å². The molecule has 218 valence electrons. The van der Waals surface area contributed by atoms with Crippen molar-refractivity contribution < 1.29 is 27.1 Å². The fourth-order valence-corrected chi connectivity index (χ4v) is 6.46. The number of hydrogen-bond donors (Lipinski definition) is 4. The molecule has 40 heavy (non-hydrogen) atoms.